The zero-order chi connectivity index (χ0) is 28.7. The summed E-state index contributed by atoms with van der Waals surface area (Å²) < 4.78 is 49.3. The van der Waals surface area contributed by atoms with Crippen molar-refractivity contribution in [3.63, 3.8) is 0 Å². The van der Waals surface area contributed by atoms with Gasteiger partial charge in [0.2, 0.25) is 0 Å². The number of rotatable bonds is 8. The van der Waals surface area contributed by atoms with Gasteiger partial charge in [-0.3, -0.25) is 9.48 Å². The Morgan fingerprint density at radius 2 is 1.95 bits per heavy atom. The van der Waals surface area contributed by atoms with Gasteiger partial charge in [0.15, 0.2) is 5.69 Å². The maximum absolute atomic E-state index is 13.2. The van der Waals surface area contributed by atoms with E-state index in [1.54, 1.807) is 6.92 Å². The summed E-state index contributed by atoms with van der Waals surface area (Å²) in [5.41, 5.74) is -0.956. The van der Waals surface area contributed by atoms with Gasteiger partial charge in [0.1, 0.15) is 11.6 Å². The number of halogens is 3. The molecule has 2 heterocycles. The average Bonchev–Trinajstić information content (AvgIpc) is 3.15. The highest BCUT2D eigenvalue weighted by molar-refractivity contribution is 7.51. The highest BCUT2D eigenvalue weighted by atomic mass is 35.5. The van der Waals surface area contributed by atoms with Crippen molar-refractivity contribution in [1.82, 2.24) is 20.1 Å². The Labute approximate surface area is 229 Å². The fraction of sp³-hybridized carbons (Fsp3) is 0.625. The fourth-order valence-electron chi connectivity index (χ4n) is 4.14. The molecule has 1 fully saturated rings. The molecule has 0 atom stereocenters. The van der Waals surface area contributed by atoms with Crippen LogP contribution in [0.3, 0.4) is 0 Å². The lowest BCUT2D eigenvalue weighted by Crippen LogP contribution is -2.45. The van der Waals surface area contributed by atoms with E-state index < -0.39 is 29.7 Å². The molecule has 38 heavy (non-hydrogen) atoms. The summed E-state index contributed by atoms with van der Waals surface area (Å²) in [6.07, 6.45) is 4.36. The Bertz CT molecular complexity index is 1140. The number of hydrogen-bond donors (Lipinski definition) is 3. The smallest absolute Gasteiger partial charge is 0.387 e. The topological polar surface area (TPSA) is 135 Å². The number of amides is 1. The molecular formula is C24H34ClF2N5O5S. The molecule has 14 heteroatoms. The summed E-state index contributed by atoms with van der Waals surface area (Å²) in [7, 11) is 0. The molecule has 3 rings (SSSR count). The zero-order valence-electron chi connectivity index (χ0n) is 22.0. The molecule has 1 aliphatic carbocycles. The number of alkyl halides is 2. The van der Waals surface area contributed by atoms with Crippen molar-refractivity contribution >= 4 is 34.9 Å². The van der Waals surface area contributed by atoms with E-state index in [1.807, 2.05) is 20.8 Å². The fourth-order valence-corrected chi connectivity index (χ4v) is 4.46. The minimum absolute atomic E-state index is 0.00828. The van der Waals surface area contributed by atoms with Gasteiger partial charge in [-0.1, -0.05) is 18.5 Å². The lowest BCUT2D eigenvalue weighted by atomic mass is 9.79. The maximum Gasteiger partial charge on any atom is 0.387 e. The molecule has 3 N–H and O–H groups in total. The van der Waals surface area contributed by atoms with Crippen molar-refractivity contribution in [1.29, 1.82) is 0 Å². The Hall–Kier alpha value is -2.64. The van der Waals surface area contributed by atoms with Gasteiger partial charge in [-0.05, 0) is 59.3 Å². The summed E-state index contributed by atoms with van der Waals surface area (Å²) in [4.78, 5) is 17.3. The number of ether oxygens (including phenoxy) is 1. The first kappa shape index (κ1) is 31.6. The molecule has 10 nitrogen and oxygen atoms in total. The van der Waals surface area contributed by atoms with E-state index in [4.69, 9.17) is 24.8 Å². The quantitative estimate of drug-likeness (QED) is 0.419. The van der Waals surface area contributed by atoms with Crippen LogP contribution >= 0.6 is 11.6 Å². The monoisotopic (exact) mass is 577 g/mol. The number of carbonyl (C=O) groups is 1. The third-order valence-corrected chi connectivity index (χ3v) is 6.39. The zero-order valence-corrected chi connectivity index (χ0v) is 23.6. The van der Waals surface area contributed by atoms with Crippen LogP contribution in [0.5, 0.6) is 5.75 Å². The van der Waals surface area contributed by atoms with Gasteiger partial charge in [-0.15, -0.1) is 0 Å². The van der Waals surface area contributed by atoms with Crippen LogP contribution in [0.15, 0.2) is 12.3 Å². The minimum atomic E-state index is -3.07. The molecule has 1 saturated carbocycles. The van der Waals surface area contributed by atoms with Gasteiger partial charge >= 0.3 is 18.2 Å². The van der Waals surface area contributed by atoms with Crippen molar-refractivity contribution in [3.8, 4) is 17.0 Å². The standard InChI is InChI=1S/C24H34ClF2N5O3.O2S/c1-6-32-20(15-12-28-17(30-23(3,4)5)11-16(15)35-22(26)27)18(25)19(31-32)21(33)29-13-24(34)9-7-14(2)8-10-24;1-3-2/h11-12,14,22,34H,6-10,13H2,1-5H3,(H,28,30)(H,29,33);. The molecule has 1 aliphatic rings. The molecule has 0 aliphatic heterocycles. The molecule has 2 aromatic heterocycles. The number of aliphatic hydroxyl groups is 1. The SMILES string of the molecule is CCn1nc(C(=O)NCC2(O)CCC(C)CC2)c(Cl)c1-c1cnc(NC(C)(C)C)cc1OC(F)F.O=S=O. The van der Waals surface area contributed by atoms with Crippen molar-refractivity contribution in [2.45, 2.75) is 84.6 Å². The summed E-state index contributed by atoms with van der Waals surface area (Å²) in [5.74, 6) is 0.205. The molecular weight excluding hydrogens is 544 g/mol. The van der Waals surface area contributed by atoms with Crippen molar-refractivity contribution in [3.05, 3.63) is 23.0 Å². The molecule has 2 aromatic rings. The maximum atomic E-state index is 13.2. The van der Waals surface area contributed by atoms with Gasteiger partial charge in [0, 0.05) is 30.9 Å². The van der Waals surface area contributed by atoms with Gasteiger partial charge in [0.25, 0.3) is 5.91 Å². The third-order valence-electron chi connectivity index (χ3n) is 6.03. The lowest BCUT2D eigenvalue weighted by molar-refractivity contribution is -0.0494. The molecule has 0 aromatic carbocycles. The predicted octanol–water partition coefficient (Wildman–Crippen LogP) is 4.43. The summed E-state index contributed by atoms with van der Waals surface area (Å²) in [5, 5.41) is 20.9. The van der Waals surface area contributed by atoms with E-state index in [1.165, 1.54) is 16.9 Å². The molecule has 0 saturated heterocycles. The highest BCUT2D eigenvalue weighted by Crippen LogP contribution is 2.39. The summed E-state index contributed by atoms with van der Waals surface area (Å²) in [6.45, 7) is 6.99. The van der Waals surface area contributed by atoms with E-state index in [9.17, 15) is 18.7 Å². The van der Waals surface area contributed by atoms with Gasteiger partial charge in [-0.25, -0.2) is 4.98 Å². The molecule has 0 bridgehead atoms. The normalized spacial score (nSPS) is 19.4. The number of aromatic nitrogens is 3. The van der Waals surface area contributed by atoms with Crippen LogP contribution in [-0.4, -0.2) is 58.5 Å². The number of hydrogen-bond acceptors (Lipinski definition) is 8. The number of aryl methyl sites for hydroxylation is 1. The van der Waals surface area contributed by atoms with Crippen molar-refractivity contribution < 1.29 is 31.8 Å². The Morgan fingerprint density at radius 1 is 1.34 bits per heavy atom. The van der Waals surface area contributed by atoms with Gasteiger partial charge in [-0.2, -0.15) is 22.3 Å². The van der Waals surface area contributed by atoms with Crippen molar-refractivity contribution in [2.75, 3.05) is 11.9 Å². The number of anilines is 1. The van der Waals surface area contributed by atoms with Crippen LogP contribution in [0.4, 0.5) is 14.6 Å². The van der Waals surface area contributed by atoms with E-state index in [2.05, 4.69) is 27.6 Å². The van der Waals surface area contributed by atoms with Gasteiger partial charge in [0.05, 0.1) is 21.9 Å². The first-order valence-corrected chi connectivity index (χ1v) is 13.2. The second-order valence-electron chi connectivity index (χ2n) is 10.3. The molecule has 0 radical (unpaired) electrons. The Morgan fingerprint density at radius 3 is 2.47 bits per heavy atom. The second-order valence-corrected chi connectivity index (χ2v) is 10.8. The molecule has 0 spiro atoms. The lowest BCUT2D eigenvalue weighted by Gasteiger charge is -2.34. The van der Waals surface area contributed by atoms with E-state index >= 15 is 0 Å². The first-order valence-electron chi connectivity index (χ1n) is 12.2. The first-order chi connectivity index (χ1) is 17.7. The summed E-state index contributed by atoms with van der Waals surface area (Å²) >= 11 is 5.82. The van der Waals surface area contributed by atoms with Crippen LogP contribution in [0.1, 0.15) is 70.8 Å². The largest absolute Gasteiger partial charge is 0.434 e. The van der Waals surface area contributed by atoms with Crippen LogP contribution in [0.2, 0.25) is 5.02 Å². The van der Waals surface area contributed by atoms with Crippen molar-refractivity contribution in [2.24, 2.45) is 5.92 Å². The highest BCUT2D eigenvalue weighted by Gasteiger charge is 2.33. The number of carbonyl (C=O) groups excluding carboxylic acids is 1. The van der Waals surface area contributed by atoms with Crippen LogP contribution in [0, 0.1) is 5.92 Å². The number of nitrogens with zero attached hydrogens (tertiary/aromatic N) is 3. The summed E-state index contributed by atoms with van der Waals surface area (Å²) in [6, 6.07) is 1.37. The van der Waals surface area contributed by atoms with E-state index in [0.717, 1.165) is 12.8 Å². The number of pyridine rings is 1. The van der Waals surface area contributed by atoms with Crippen LogP contribution < -0.4 is 15.4 Å². The van der Waals surface area contributed by atoms with Gasteiger partial charge < -0.3 is 20.5 Å². The number of nitrogens with one attached hydrogen (secondary N) is 2. The van der Waals surface area contributed by atoms with E-state index in [-0.39, 0.29) is 39.8 Å². The van der Waals surface area contributed by atoms with E-state index in [0.29, 0.717) is 31.1 Å². The Balaban J connectivity index is 0.00000161. The van der Waals surface area contributed by atoms with Crippen LogP contribution in [0.25, 0.3) is 11.3 Å². The third kappa shape index (κ3) is 8.70. The molecule has 1 amide bonds. The Kier molecular flexibility index (Phi) is 11.2. The van der Waals surface area contributed by atoms with Crippen LogP contribution in [-0.2, 0) is 18.1 Å². The minimum Gasteiger partial charge on any atom is -0.434 e. The average molecular weight is 578 g/mol. The molecule has 0 unspecified atom stereocenters. The predicted molar refractivity (Wildman–Crippen MR) is 140 cm³/mol. The second kappa shape index (κ2) is 13.4. The molecule has 212 valence electrons.